The fraction of sp³-hybridized carbons (Fsp3) is 0.462. The molecule has 1 aromatic rings. The molecule has 1 rings (SSSR count). The summed E-state index contributed by atoms with van der Waals surface area (Å²) < 4.78 is 5.19. The normalized spacial score (nSPS) is 12.0. The van der Waals surface area contributed by atoms with Gasteiger partial charge in [0, 0.05) is 6.42 Å². The van der Waals surface area contributed by atoms with Crippen LogP contribution in [0.1, 0.15) is 18.9 Å². The average molecular weight is 236 g/mol. The number of nitrogens with one attached hydrogen (secondary N) is 1. The molecule has 0 saturated carbocycles. The molecule has 4 heteroatoms. The molecule has 1 amide bonds. The van der Waals surface area contributed by atoms with E-state index >= 15 is 0 Å². The first-order chi connectivity index (χ1) is 8.06. The lowest BCUT2D eigenvalue weighted by molar-refractivity contribution is -0.116. The highest BCUT2D eigenvalue weighted by Gasteiger charge is 2.10. The van der Waals surface area contributed by atoms with E-state index in [9.17, 15) is 4.79 Å². The molecule has 0 heterocycles. The molecule has 0 aliphatic carbocycles. The SMILES string of the molecule is COc1ccc(C)cc1NC(=O)CC(C)CN. The summed E-state index contributed by atoms with van der Waals surface area (Å²) in [4.78, 5) is 11.7. The van der Waals surface area contributed by atoms with E-state index in [1.165, 1.54) is 0 Å². The molecule has 4 nitrogen and oxygen atoms in total. The highest BCUT2D eigenvalue weighted by Crippen LogP contribution is 2.25. The Kier molecular flexibility index (Phi) is 4.97. The number of anilines is 1. The number of carbonyl (C=O) groups is 1. The van der Waals surface area contributed by atoms with Gasteiger partial charge in [0.25, 0.3) is 0 Å². The Labute approximate surface area is 102 Å². The minimum absolute atomic E-state index is 0.0353. The van der Waals surface area contributed by atoms with Gasteiger partial charge in [-0.3, -0.25) is 4.79 Å². The zero-order valence-corrected chi connectivity index (χ0v) is 10.6. The Hall–Kier alpha value is -1.55. The molecular weight excluding hydrogens is 216 g/mol. The second-order valence-electron chi connectivity index (χ2n) is 4.30. The summed E-state index contributed by atoms with van der Waals surface area (Å²) in [7, 11) is 1.59. The van der Waals surface area contributed by atoms with Crippen LogP contribution in [0.15, 0.2) is 18.2 Å². The van der Waals surface area contributed by atoms with Gasteiger partial charge in [0.1, 0.15) is 5.75 Å². The molecule has 0 bridgehead atoms. The fourth-order valence-electron chi connectivity index (χ4n) is 1.52. The first-order valence-electron chi connectivity index (χ1n) is 5.71. The van der Waals surface area contributed by atoms with Crippen LogP contribution in [0.5, 0.6) is 5.75 Å². The minimum Gasteiger partial charge on any atom is -0.495 e. The molecular formula is C13H20N2O2. The van der Waals surface area contributed by atoms with E-state index in [2.05, 4.69) is 5.32 Å². The molecule has 1 unspecified atom stereocenters. The van der Waals surface area contributed by atoms with Crippen molar-refractivity contribution in [3.05, 3.63) is 23.8 Å². The van der Waals surface area contributed by atoms with Gasteiger partial charge < -0.3 is 15.8 Å². The quantitative estimate of drug-likeness (QED) is 0.821. The van der Waals surface area contributed by atoms with Gasteiger partial charge in [-0.25, -0.2) is 0 Å². The third-order valence-corrected chi connectivity index (χ3v) is 2.57. The van der Waals surface area contributed by atoms with E-state index in [-0.39, 0.29) is 11.8 Å². The van der Waals surface area contributed by atoms with Crippen molar-refractivity contribution in [1.82, 2.24) is 0 Å². The van der Waals surface area contributed by atoms with Crippen molar-refractivity contribution in [1.29, 1.82) is 0 Å². The van der Waals surface area contributed by atoms with E-state index in [1.807, 2.05) is 32.0 Å². The maximum absolute atomic E-state index is 11.7. The number of hydrogen-bond acceptors (Lipinski definition) is 3. The molecule has 0 saturated heterocycles. The van der Waals surface area contributed by atoms with E-state index in [0.29, 0.717) is 24.4 Å². The predicted octanol–water partition coefficient (Wildman–Crippen LogP) is 1.93. The summed E-state index contributed by atoms with van der Waals surface area (Å²) in [6.07, 6.45) is 0.424. The van der Waals surface area contributed by atoms with Gasteiger partial charge in [-0.15, -0.1) is 0 Å². The molecule has 3 N–H and O–H groups in total. The van der Waals surface area contributed by atoms with Crippen LogP contribution in [0.4, 0.5) is 5.69 Å². The van der Waals surface area contributed by atoms with Gasteiger partial charge in [-0.2, -0.15) is 0 Å². The van der Waals surface area contributed by atoms with E-state index in [0.717, 1.165) is 5.56 Å². The van der Waals surface area contributed by atoms with Crippen molar-refractivity contribution < 1.29 is 9.53 Å². The van der Waals surface area contributed by atoms with Crippen LogP contribution in [0.3, 0.4) is 0 Å². The molecule has 1 atom stereocenters. The van der Waals surface area contributed by atoms with E-state index in [1.54, 1.807) is 7.11 Å². The minimum atomic E-state index is -0.0353. The van der Waals surface area contributed by atoms with Gasteiger partial charge in [0.05, 0.1) is 12.8 Å². The topological polar surface area (TPSA) is 64.3 Å². The van der Waals surface area contributed by atoms with Crippen LogP contribution in [0.2, 0.25) is 0 Å². The zero-order chi connectivity index (χ0) is 12.8. The van der Waals surface area contributed by atoms with Gasteiger partial charge in [0.15, 0.2) is 0 Å². The van der Waals surface area contributed by atoms with E-state index in [4.69, 9.17) is 10.5 Å². The maximum Gasteiger partial charge on any atom is 0.224 e. The molecule has 0 aliphatic heterocycles. The van der Waals surface area contributed by atoms with E-state index < -0.39 is 0 Å². The number of benzene rings is 1. The summed E-state index contributed by atoms with van der Waals surface area (Å²) in [6, 6.07) is 5.68. The smallest absolute Gasteiger partial charge is 0.224 e. The molecule has 17 heavy (non-hydrogen) atoms. The van der Waals surface area contributed by atoms with Crippen molar-refractivity contribution in [3.8, 4) is 5.75 Å². The van der Waals surface area contributed by atoms with Crippen LogP contribution in [-0.4, -0.2) is 19.6 Å². The zero-order valence-electron chi connectivity index (χ0n) is 10.6. The molecule has 0 fully saturated rings. The standard InChI is InChI=1S/C13H20N2O2/c1-9-4-5-12(17-3)11(6-9)15-13(16)7-10(2)8-14/h4-6,10H,7-8,14H2,1-3H3,(H,15,16). The molecule has 0 aliphatic rings. The summed E-state index contributed by atoms with van der Waals surface area (Å²) >= 11 is 0. The van der Waals surface area contributed by atoms with Gasteiger partial charge in [-0.1, -0.05) is 13.0 Å². The maximum atomic E-state index is 11.7. The lowest BCUT2D eigenvalue weighted by atomic mass is 10.1. The van der Waals surface area contributed by atoms with Crippen molar-refractivity contribution >= 4 is 11.6 Å². The third-order valence-electron chi connectivity index (χ3n) is 2.57. The second kappa shape index (κ2) is 6.25. The van der Waals surface area contributed by atoms with Crippen LogP contribution in [0.25, 0.3) is 0 Å². The van der Waals surface area contributed by atoms with Crippen LogP contribution in [0, 0.1) is 12.8 Å². The number of rotatable bonds is 5. The predicted molar refractivity (Wildman–Crippen MR) is 69.2 cm³/mol. The Morgan fingerprint density at radius 3 is 2.82 bits per heavy atom. The van der Waals surface area contributed by atoms with Crippen LogP contribution < -0.4 is 15.8 Å². The molecule has 0 radical (unpaired) electrons. The van der Waals surface area contributed by atoms with Crippen molar-refractivity contribution in [3.63, 3.8) is 0 Å². The Morgan fingerprint density at radius 2 is 2.24 bits per heavy atom. The second-order valence-corrected chi connectivity index (χ2v) is 4.30. The highest BCUT2D eigenvalue weighted by atomic mass is 16.5. The number of carbonyl (C=O) groups excluding carboxylic acids is 1. The van der Waals surface area contributed by atoms with Crippen molar-refractivity contribution in [2.45, 2.75) is 20.3 Å². The monoisotopic (exact) mass is 236 g/mol. The molecule has 94 valence electrons. The lowest BCUT2D eigenvalue weighted by Gasteiger charge is -2.12. The average Bonchev–Trinajstić information content (AvgIpc) is 2.29. The number of methoxy groups -OCH3 is 1. The Morgan fingerprint density at radius 1 is 1.53 bits per heavy atom. The first-order valence-corrected chi connectivity index (χ1v) is 5.71. The Bertz CT molecular complexity index is 391. The van der Waals surface area contributed by atoms with Crippen LogP contribution in [-0.2, 0) is 4.79 Å². The number of hydrogen-bond donors (Lipinski definition) is 2. The number of ether oxygens (including phenoxy) is 1. The Balaban J connectivity index is 2.73. The first kappa shape index (κ1) is 13.5. The van der Waals surface area contributed by atoms with Crippen molar-refractivity contribution in [2.75, 3.05) is 19.0 Å². The third kappa shape index (κ3) is 4.07. The number of amides is 1. The summed E-state index contributed by atoms with van der Waals surface area (Å²) in [5, 5.41) is 2.85. The van der Waals surface area contributed by atoms with Crippen LogP contribution >= 0.6 is 0 Å². The summed E-state index contributed by atoms with van der Waals surface area (Å²) in [5.74, 6) is 0.821. The van der Waals surface area contributed by atoms with Crippen molar-refractivity contribution in [2.24, 2.45) is 11.7 Å². The molecule has 1 aromatic carbocycles. The van der Waals surface area contributed by atoms with Gasteiger partial charge >= 0.3 is 0 Å². The van der Waals surface area contributed by atoms with Gasteiger partial charge in [0.2, 0.25) is 5.91 Å². The highest BCUT2D eigenvalue weighted by molar-refractivity contribution is 5.92. The number of nitrogens with two attached hydrogens (primary N) is 1. The largest absolute Gasteiger partial charge is 0.495 e. The molecule has 0 aromatic heterocycles. The lowest BCUT2D eigenvalue weighted by Crippen LogP contribution is -2.20. The summed E-state index contributed by atoms with van der Waals surface area (Å²) in [5.41, 5.74) is 7.28. The fourth-order valence-corrected chi connectivity index (χ4v) is 1.52. The summed E-state index contributed by atoms with van der Waals surface area (Å²) in [6.45, 7) is 4.43. The van der Waals surface area contributed by atoms with Gasteiger partial charge in [-0.05, 0) is 37.1 Å². The number of aryl methyl sites for hydroxylation is 1. The molecule has 0 spiro atoms.